The van der Waals surface area contributed by atoms with Crippen LogP contribution in [0.15, 0.2) is 30.5 Å². The Morgan fingerprint density at radius 3 is 2.96 bits per heavy atom. The number of aryl methyl sites for hydroxylation is 1. The van der Waals surface area contributed by atoms with E-state index >= 15 is 0 Å². The van der Waals surface area contributed by atoms with E-state index in [4.69, 9.17) is 9.47 Å². The molecule has 1 saturated heterocycles. The Hall–Kier alpha value is -2.34. The number of rotatable bonds is 5. The first-order valence-corrected chi connectivity index (χ1v) is 8.08. The zero-order valence-electron chi connectivity index (χ0n) is 14.4. The minimum atomic E-state index is -0.0316. The zero-order chi connectivity index (χ0) is 17.1. The van der Waals surface area contributed by atoms with Gasteiger partial charge in [-0.15, -0.1) is 0 Å². The highest BCUT2D eigenvalue weighted by Crippen LogP contribution is 2.28. The molecule has 1 fully saturated rings. The number of nitrogens with zero attached hydrogens (tertiary/aromatic N) is 3. The lowest BCUT2D eigenvalue weighted by Crippen LogP contribution is -2.27. The van der Waals surface area contributed by atoms with Gasteiger partial charge >= 0.3 is 0 Å². The van der Waals surface area contributed by atoms with Crippen LogP contribution >= 0.6 is 0 Å². The number of ether oxygens (including phenoxy) is 2. The summed E-state index contributed by atoms with van der Waals surface area (Å²) in [5.41, 5.74) is 2.47. The van der Waals surface area contributed by atoms with E-state index in [9.17, 15) is 4.79 Å². The van der Waals surface area contributed by atoms with Crippen LogP contribution < -0.4 is 4.74 Å². The van der Waals surface area contributed by atoms with Crippen molar-refractivity contribution >= 4 is 5.91 Å². The number of para-hydroxylation sites is 1. The van der Waals surface area contributed by atoms with Crippen molar-refractivity contribution in [3.8, 4) is 5.75 Å². The summed E-state index contributed by atoms with van der Waals surface area (Å²) >= 11 is 0. The molecule has 1 aliphatic rings. The normalized spacial score (nSPS) is 17.0. The summed E-state index contributed by atoms with van der Waals surface area (Å²) in [5.74, 6) is 0.952. The maximum Gasteiger partial charge on any atom is 0.257 e. The highest BCUT2D eigenvalue weighted by atomic mass is 16.5. The van der Waals surface area contributed by atoms with Crippen LogP contribution in [0, 0.1) is 0 Å². The molecule has 0 bridgehead atoms. The SMILES string of the molecule is COc1ccccc1CN(C)C(=O)c1cn(C)nc1[C@H]1CCOC1. The molecule has 0 unspecified atom stereocenters. The largest absolute Gasteiger partial charge is 0.496 e. The molecular formula is C18H23N3O3. The minimum Gasteiger partial charge on any atom is -0.496 e. The summed E-state index contributed by atoms with van der Waals surface area (Å²) in [6, 6.07) is 7.74. The summed E-state index contributed by atoms with van der Waals surface area (Å²) in [6.07, 6.45) is 2.71. The Labute approximate surface area is 142 Å². The first kappa shape index (κ1) is 16.5. The lowest BCUT2D eigenvalue weighted by Gasteiger charge is -2.19. The van der Waals surface area contributed by atoms with Gasteiger partial charge in [0.1, 0.15) is 5.75 Å². The van der Waals surface area contributed by atoms with E-state index < -0.39 is 0 Å². The number of hydrogen-bond donors (Lipinski definition) is 0. The number of carbonyl (C=O) groups excluding carboxylic acids is 1. The van der Waals surface area contributed by atoms with Crippen molar-refractivity contribution < 1.29 is 14.3 Å². The van der Waals surface area contributed by atoms with Gasteiger partial charge in [0, 0.05) is 44.9 Å². The molecule has 1 aromatic carbocycles. The maximum absolute atomic E-state index is 12.9. The zero-order valence-corrected chi connectivity index (χ0v) is 14.4. The lowest BCUT2D eigenvalue weighted by atomic mass is 10.0. The maximum atomic E-state index is 12.9. The topological polar surface area (TPSA) is 56.6 Å². The van der Waals surface area contributed by atoms with Crippen molar-refractivity contribution in [3.05, 3.63) is 47.3 Å². The molecule has 128 valence electrons. The van der Waals surface area contributed by atoms with E-state index in [1.807, 2.05) is 31.3 Å². The van der Waals surface area contributed by atoms with Crippen LogP contribution in [0.1, 0.15) is 34.0 Å². The van der Waals surface area contributed by atoms with Crippen LogP contribution in [0.2, 0.25) is 0 Å². The molecule has 3 rings (SSSR count). The summed E-state index contributed by atoms with van der Waals surface area (Å²) in [6.45, 7) is 1.85. The minimum absolute atomic E-state index is 0.0316. The van der Waals surface area contributed by atoms with Crippen LogP contribution in [-0.4, -0.2) is 48.0 Å². The standard InChI is InChI=1S/C18H23N3O3/c1-20(10-13-6-4-5-7-16(13)23-3)18(22)15-11-21(2)19-17(15)14-8-9-24-12-14/h4-7,11,14H,8-10,12H2,1-3H3/t14-/m0/s1. The molecule has 0 aliphatic carbocycles. The van der Waals surface area contributed by atoms with Crippen LogP contribution in [0.5, 0.6) is 5.75 Å². The van der Waals surface area contributed by atoms with Crippen molar-refractivity contribution in [2.75, 3.05) is 27.4 Å². The lowest BCUT2D eigenvalue weighted by molar-refractivity contribution is 0.0782. The number of methoxy groups -OCH3 is 1. The molecule has 1 aromatic heterocycles. The van der Waals surface area contributed by atoms with E-state index in [1.165, 1.54) is 0 Å². The molecular weight excluding hydrogens is 306 g/mol. The molecule has 6 nitrogen and oxygen atoms in total. The van der Waals surface area contributed by atoms with Crippen LogP contribution in [0.3, 0.4) is 0 Å². The van der Waals surface area contributed by atoms with Crippen LogP contribution in [-0.2, 0) is 18.3 Å². The van der Waals surface area contributed by atoms with Crippen molar-refractivity contribution in [3.63, 3.8) is 0 Å². The van der Waals surface area contributed by atoms with Crippen molar-refractivity contribution in [2.24, 2.45) is 7.05 Å². The van der Waals surface area contributed by atoms with Gasteiger partial charge in [-0.25, -0.2) is 0 Å². The van der Waals surface area contributed by atoms with E-state index in [2.05, 4.69) is 5.10 Å². The predicted molar refractivity (Wildman–Crippen MR) is 90.2 cm³/mol. The second-order valence-electron chi connectivity index (χ2n) is 6.14. The number of carbonyl (C=O) groups is 1. The van der Waals surface area contributed by atoms with Gasteiger partial charge in [-0.05, 0) is 12.5 Å². The summed E-state index contributed by atoms with van der Waals surface area (Å²) in [4.78, 5) is 14.6. The third kappa shape index (κ3) is 3.28. The molecule has 1 aliphatic heterocycles. The third-order valence-corrected chi connectivity index (χ3v) is 4.35. The van der Waals surface area contributed by atoms with E-state index in [0.29, 0.717) is 18.7 Å². The quantitative estimate of drug-likeness (QED) is 0.844. The van der Waals surface area contributed by atoms with Gasteiger partial charge in [0.15, 0.2) is 0 Å². The highest BCUT2D eigenvalue weighted by Gasteiger charge is 2.28. The Bertz CT molecular complexity index is 720. The van der Waals surface area contributed by atoms with Gasteiger partial charge in [-0.1, -0.05) is 18.2 Å². The molecule has 24 heavy (non-hydrogen) atoms. The van der Waals surface area contributed by atoms with E-state index in [1.54, 1.807) is 29.9 Å². The Morgan fingerprint density at radius 1 is 1.46 bits per heavy atom. The average molecular weight is 329 g/mol. The van der Waals surface area contributed by atoms with Crippen LogP contribution in [0.4, 0.5) is 0 Å². The highest BCUT2D eigenvalue weighted by molar-refractivity contribution is 5.95. The molecule has 2 aromatic rings. The molecule has 0 saturated carbocycles. The first-order valence-electron chi connectivity index (χ1n) is 8.08. The number of aromatic nitrogens is 2. The monoisotopic (exact) mass is 329 g/mol. The first-order chi connectivity index (χ1) is 11.6. The molecule has 0 spiro atoms. The van der Waals surface area contributed by atoms with Gasteiger partial charge in [0.25, 0.3) is 5.91 Å². The summed E-state index contributed by atoms with van der Waals surface area (Å²) in [7, 11) is 5.28. The molecule has 1 amide bonds. The van der Waals surface area contributed by atoms with Gasteiger partial charge in [-0.2, -0.15) is 5.10 Å². The Kier molecular flexibility index (Phi) is 4.85. The van der Waals surface area contributed by atoms with Crippen molar-refractivity contribution in [1.29, 1.82) is 0 Å². The van der Waals surface area contributed by atoms with Gasteiger partial charge in [0.05, 0.1) is 25.0 Å². The fourth-order valence-electron chi connectivity index (χ4n) is 3.09. The number of amides is 1. The second-order valence-corrected chi connectivity index (χ2v) is 6.14. The number of benzene rings is 1. The molecule has 1 atom stereocenters. The Morgan fingerprint density at radius 2 is 2.25 bits per heavy atom. The van der Waals surface area contributed by atoms with E-state index in [0.717, 1.165) is 30.0 Å². The third-order valence-electron chi connectivity index (χ3n) is 4.35. The molecule has 2 heterocycles. The van der Waals surface area contributed by atoms with Gasteiger partial charge < -0.3 is 14.4 Å². The second kappa shape index (κ2) is 7.05. The summed E-state index contributed by atoms with van der Waals surface area (Å²) in [5, 5.41) is 4.50. The summed E-state index contributed by atoms with van der Waals surface area (Å²) < 4.78 is 12.5. The average Bonchev–Trinajstić information content (AvgIpc) is 3.23. The fourth-order valence-corrected chi connectivity index (χ4v) is 3.09. The predicted octanol–water partition coefficient (Wildman–Crippen LogP) is 2.20. The van der Waals surface area contributed by atoms with E-state index in [-0.39, 0.29) is 11.8 Å². The molecule has 0 N–H and O–H groups in total. The van der Waals surface area contributed by atoms with Crippen molar-refractivity contribution in [2.45, 2.75) is 18.9 Å². The van der Waals surface area contributed by atoms with Gasteiger partial charge in [0.2, 0.25) is 0 Å². The Balaban J connectivity index is 1.81. The number of hydrogen-bond acceptors (Lipinski definition) is 4. The molecule has 0 radical (unpaired) electrons. The fraction of sp³-hybridized carbons (Fsp3) is 0.444. The van der Waals surface area contributed by atoms with Gasteiger partial charge in [-0.3, -0.25) is 9.48 Å². The molecule has 6 heteroatoms. The smallest absolute Gasteiger partial charge is 0.257 e. The van der Waals surface area contributed by atoms with Crippen molar-refractivity contribution in [1.82, 2.24) is 14.7 Å². The van der Waals surface area contributed by atoms with Crippen LogP contribution in [0.25, 0.3) is 0 Å².